The molecule has 0 aromatic rings. The monoisotopic (exact) mass is 292 g/mol. The molecule has 2 fully saturated rings. The van der Waals surface area contributed by atoms with Gasteiger partial charge in [0.2, 0.25) is 0 Å². The first-order valence-electron chi connectivity index (χ1n) is 7.05. The summed E-state index contributed by atoms with van der Waals surface area (Å²) in [5.41, 5.74) is 0. The van der Waals surface area contributed by atoms with Crippen LogP contribution in [0.2, 0.25) is 0 Å². The molecule has 0 aromatic heterocycles. The Morgan fingerprint density at radius 2 is 1.74 bits per heavy atom. The molecule has 0 unspecified atom stereocenters. The second-order valence-corrected chi connectivity index (χ2v) is 7.19. The summed E-state index contributed by atoms with van der Waals surface area (Å²) in [5.74, 6) is 0.639. The molecule has 2 aliphatic heterocycles. The maximum atomic E-state index is 12.1. The van der Waals surface area contributed by atoms with Crippen LogP contribution >= 0.6 is 0 Å². The van der Waals surface area contributed by atoms with E-state index in [2.05, 4.69) is 4.72 Å². The van der Waals surface area contributed by atoms with Crippen molar-refractivity contribution >= 4 is 10.2 Å². The second kappa shape index (κ2) is 6.99. The van der Waals surface area contributed by atoms with E-state index in [0.717, 1.165) is 38.9 Å². The molecule has 112 valence electrons. The Kier molecular flexibility index (Phi) is 5.58. The van der Waals surface area contributed by atoms with Gasteiger partial charge < -0.3 is 9.84 Å². The van der Waals surface area contributed by atoms with E-state index in [0.29, 0.717) is 25.6 Å². The van der Waals surface area contributed by atoms with Gasteiger partial charge in [0, 0.05) is 39.5 Å². The van der Waals surface area contributed by atoms with Crippen molar-refractivity contribution in [3.63, 3.8) is 0 Å². The van der Waals surface area contributed by atoms with Gasteiger partial charge in [-0.15, -0.1) is 0 Å². The highest BCUT2D eigenvalue weighted by Crippen LogP contribution is 2.19. The number of aliphatic hydroxyl groups excluding tert-OH is 1. The maximum Gasteiger partial charge on any atom is 0.279 e. The summed E-state index contributed by atoms with van der Waals surface area (Å²) < 4.78 is 33.8. The molecule has 0 amide bonds. The van der Waals surface area contributed by atoms with Crippen LogP contribution < -0.4 is 4.72 Å². The number of aliphatic hydroxyl groups is 1. The molecule has 6 nitrogen and oxygen atoms in total. The molecule has 0 saturated carbocycles. The Hall–Kier alpha value is -0.210. The molecular formula is C12H24N2O4S. The Labute approximate surface area is 115 Å². The standard InChI is InChI=1S/C12H24N2O4S/c15-10-12-1-5-14(6-2-12)19(16,17)13-9-11-3-7-18-8-4-11/h11-13,15H,1-10H2. The lowest BCUT2D eigenvalue weighted by Crippen LogP contribution is -2.46. The SMILES string of the molecule is O=S(=O)(NCC1CCOCC1)N1CCC(CO)CC1. The van der Waals surface area contributed by atoms with Crippen LogP contribution in [0.15, 0.2) is 0 Å². The average Bonchev–Trinajstić information content (AvgIpc) is 2.46. The number of hydrogen-bond acceptors (Lipinski definition) is 4. The van der Waals surface area contributed by atoms with Crippen molar-refractivity contribution in [2.24, 2.45) is 11.8 Å². The van der Waals surface area contributed by atoms with Crippen molar-refractivity contribution in [2.45, 2.75) is 25.7 Å². The Morgan fingerprint density at radius 3 is 2.32 bits per heavy atom. The van der Waals surface area contributed by atoms with Crippen molar-refractivity contribution < 1.29 is 18.3 Å². The fourth-order valence-corrected chi connectivity index (χ4v) is 3.92. The Morgan fingerprint density at radius 1 is 1.11 bits per heavy atom. The molecule has 0 radical (unpaired) electrons. The third-order valence-corrected chi connectivity index (χ3v) is 5.64. The molecule has 2 aliphatic rings. The molecule has 2 heterocycles. The van der Waals surface area contributed by atoms with E-state index in [1.54, 1.807) is 0 Å². The second-order valence-electron chi connectivity index (χ2n) is 5.43. The minimum atomic E-state index is -3.35. The fourth-order valence-electron chi connectivity index (χ4n) is 2.60. The summed E-state index contributed by atoms with van der Waals surface area (Å²) in [6, 6.07) is 0. The number of ether oxygens (including phenoxy) is 1. The smallest absolute Gasteiger partial charge is 0.279 e. The summed E-state index contributed by atoms with van der Waals surface area (Å²) in [5, 5.41) is 9.06. The molecule has 2 N–H and O–H groups in total. The van der Waals surface area contributed by atoms with Gasteiger partial charge in [-0.05, 0) is 37.5 Å². The van der Waals surface area contributed by atoms with Crippen LogP contribution in [-0.2, 0) is 14.9 Å². The first kappa shape index (κ1) is 15.2. The number of nitrogens with zero attached hydrogens (tertiary/aromatic N) is 1. The van der Waals surface area contributed by atoms with Crippen molar-refractivity contribution in [3.05, 3.63) is 0 Å². The molecule has 0 atom stereocenters. The summed E-state index contributed by atoms with van der Waals surface area (Å²) in [7, 11) is -3.35. The average molecular weight is 292 g/mol. The summed E-state index contributed by atoms with van der Waals surface area (Å²) in [4.78, 5) is 0. The van der Waals surface area contributed by atoms with Crippen LogP contribution in [-0.4, -0.2) is 57.3 Å². The highest BCUT2D eigenvalue weighted by Gasteiger charge is 2.28. The lowest BCUT2D eigenvalue weighted by atomic mass is 10.00. The molecule has 0 aromatic carbocycles. The molecule has 0 spiro atoms. The zero-order valence-electron chi connectivity index (χ0n) is 11.3. The minimum absolute atomic E-state index is 0.156. The number of piperidine rings is 1. The molecular weight excluding hydrogens is 268 g/mol. The van der Waals surface area contributed by atoms with Crippen LogP contribution in [0, 0.1) is 11.8 Å². The molecule has 19 heavy (non-hydrogen) atoms. The molecule has 0 aliphatic carbocycles. The van der Waals surface area contributed by atoms with Crippen LogP contribution in [0.25, 0.3) is 0 Å². The third kappa shape index (κ3) is 4.39. The fraction of sp³-hybridized carbons (Fsp3) is 1.00. The zero-order valence-corrected chi connectivity index (χ0v) is 12.1. The summed E-state index contributed by atoms with van der Waals surface area (Å²) in [6.07, 6.45) is 3.34. The number of hydrogen-bond donors (Lipinski definition) is 2. The maximum absolute atomic E-state index is 12.1. The summed E-state index contributed by atoms with van der Waals surface area (Å²) >= 11 is 0. The van der Waals surface area contributed by atoms with Gasteiger partial charge in [0.15, 0.2) is 0 Å². The van der Waals surface area contributed by atoms with E-state index in [9.17, 15) is 8.42 Å². The topological polar surface area (TPSA) is 78.9 Å². The van der Waals surface area contributed by atoms with E-state index < -0.39 is 10.2 Å². The van der Waals surface area contributed by atoms with Crippen LogP contribution in [0.4, 0.5) is 0 Å². The predicted molar refractivity (Wildman–Crippen MR) is 71.8 cm³/mol. The first-order chi connectivity index (χ1) is 9.12. The van der Waals surface area contributed by atoms with Gasteiger partial charge in [0.25, 0.3) is 10.2 Å². The van der Waals surface area contributed by atoms with Crippen LogP contribution in [0.5, 0.6) is 0 Å². The lowest BCUT2D eigenvalue weighted by Gasteiger charge is -2.31. The molecule has 7 heteroatoms. The molecule has 2 saturated heterocycles. The van der Waals surface area contributed by atoms with Crippen LogP contribution in [0.1, 0.15) is 25.7 Å². The van der Waals surface area contributed by atoms with E-state index in [-0.39, 0.29) is 12.5 Å². The molecule has 2 rings (SSSR count). The van der Waals surface area contributed by atoms with Gasteiger partial charge >= 0.3 is 0 Å². The highest BCUT2D eigenvalue weighted by molar-refractivity contribution is 7.87. The van der Waals surface area contributed by atoms with Gasteiger partial charge in [-0.2, -0.15) is 12.7 Å². The largest absolute Gasteiger partial charge is 0.396 e. The highest BCUT2D eigenvalue weighted by atomic mass is 32.2. The van der Waals surface area contributed by atoms with Crippen molar-refractivity contribution in [3.8, 4) is 0 Å². The quantitative estimate of drug-likeness (QED) is 0.745. The Bertz CT molecular complexity index is 360. The van der Waals surface area contributed by atoms with Crippen molar-refractivity contribution in [1.29, 1.82) is 0 Å². The Balaban J connectivity index is 1.78. The normalized spacial score (nSPS) is 24.7. The zero-order chi connectivity index (χ0) is 13.7. The molecule has 0 bridgehead atoms. The van der Waals surface area contributed by atoms with Gasteiger partial charge in [-0.1, -0.05) is 0 Å². The third-order valence-electron chi connectivity index (χ3n) is 4.07. The van der Waals surface area contributed by atoms with Crippen molar-refractivity contribution in [2.75, 3.05) is 39.5 Å². The predicted octanol–water partition coefficient (Wildman–Crippen LogP) is -0.0483. The van der Waals surface area contributed by atoms with E-state index in [1.165, 1.54) is 4.31 Å². The van der Waals surface area contributed by atoms with Gasteiger partial charge in [-0.25, -0.2) is 4.72 Å². The number of nitrogens with one attached hydrogen (secondary N) is 1. The first-order valence-corrected chi connectivity index (χ1v) is 8.49. The van der Waals surface area contributed by atoms with Gasteiger partial charge in [0.05, 0.1) is 0 Å². The van der Waals surface area contributed by atoms with E-state index >= 15 is 0 Å². The minimum Gasteiger partial charge on any atom is -0.396 e. The van der Waals surface area contributed by atoms with Crippen LogP contribution in [0.3, 0.4) is 0 Å². The van der Waals surface area contributed by atoms with E-state index in [1.807, 2.05) is 0 Å². The lowest BCUT2D eigenvalue weighted by molar-refractivity contribution is 0.0676. The van der Waals surface area contributed by atoms with Crippen molar-refractivity contribution in [1.82, 2.24) is 9.03 Å². The number of rotatable bonds is 5. The summed E-state index contributed by atoms with van der Waals surface area (Å²) in [6.45, 7) is 3.14. The van der Waals surface area contributed by atoms with Gasteiger partial charge in [-0.3, -0.25) is 0 Å². The van der Waals surface area contributed by atoms with Gasteiger partial charge in [0.1, 0.15) is 0 Å². The van der Waals surface area contributed by atoms with E-state index in [4.69, 9.17) is 9.84 Å².